The van der Waals surface area contributed by atoms with E-state index in [0.29, 0.717) is 18.8 Å². The molecular weight excluding hydrogens is 254 g/mol. The summed E-state index contributed by atoms with van der Waals surface area (Å²) in [7, 11) is 0. The second-order valence-corrected chi connectivity index (χ2v) is 6.02. The molecule has 0 aromatic heterocycles. The van der Waals surface area contributed by atoms with E-state index in [1.54, 1.807) is 0 Å². The van der Waals surface area contributed by atoms with Crippen LogP contribution in [0.15, 0.2) is 24.3 Å². The molecule has 0 heterocycles. The maximum atomic E-state index is 11.2. The molecule has 0 aliphatic heterocycles. The maximum absolute atomic E-state index is 11.2. The fourth-order valence-corrected chi connectivity index (χ4v) is 2.69. The zero-order chi connectivity index (χ0) is 14.8. The Morgan fingerprint density at radius 1 is 1.50 bits per heavy atom. The van der Waals surface area contributed by atoms with Crippen LogP contribution in [0.4, 0.5) is 0 Å². The molecule has 3 N–H and O–H groups in total. The first-order valence-corrected chi connectivity index (χ1v) is 7.19. The number of rotatable bonds is 4. The molecule has 1 aromatic carbocycles. The van der Waals surface area contributed by atoms with Gasteiger partial charge < -0.3 is 15.6 Å². The van der Waals surface area contributed by atoms with Gasteiger partial charge in [0.25, 0.3) is 0 Å². The molecule has 2 rings (SSSR count). The number of ether oxygens (including phenoxy) is 1. The van der Waals surface area contributed by atoms with E-state index in [1.807, 2.05) is 18.2 Å². The third-order valence-corrected chi connectivity index (χ3v) is 3.99. The zero-order valence-corrected chi connectivity index (χ0v) is 12.1. The number of aliphatic carboxylic acids is 1. The number of hydrogen-bond donors (Lipinski definition) is 2. The Kier molecular flexibility index (Phi) is 4.33. The Morgan fingerprint density at radius 2 is 2.25 bits per heavy atom. The Morgan fingerprint density at radius 3 is 2.90 bits per heavy atom. The van der Waals surface area contributed by atoms with E-state index >= 15 is 0 Å². The normalized spacial score (nSPS) is 26.5. The van der Waals surface area contributed by atoms with Crippen LogP contribution < -0.4 is 10.5 Å². The van der Waals surface area contributed by atoms with Crippen LogP contribution in [0.25, 0.3) is 0 Å². The van der Waals surface area contributed by atoms with Crippen molar-refractivity contribution in [3.63, 3.8) is 0 Å². The average Bonchev–Trinajstić information content (AvgIpc) is 2.39. The minimum absolute atomic E-state index is 0.118. The second kappa shape index (κ2) is 5.83. The van der Waals surface area contributed by atoms with E-state index in [-0.39, 0.29) is 6.10 Å². The summed E-state index contributed by atoms with van der Waals surface area (Å²) in [6, 6.07) is 7.99. The third-order valence-electron chi connectivity index (χ3n) is 3.99. The molecule has 0 saturated heterocycles. The van der Waals surface area contributed by atoms with Gasteiger partial charge in [-0.15, -0.1) is 0 Å². The second-order valence-electron chi connectivity index (χ2n) is 6.02. The van der Waals surface area contributed by atoms with E-state index in [2.05, 4.69) is 19.9 Å². The topological polar surface area (TPSA) is 72.5 Å². The predicted octanol–water partition coefficient (Wildman–Crippen LogP) is 2.91. The minimum atomic E-state index is -1.14. The van der Waals surface area contributed by atoms with Gasteiger partial charge in [0.2, 0.25) is 0 Å². The molecule has 2 atom stereocenters. The summed E-state index contributed by atoms with van der Waals surface area (Å²) >= 11 is 0. The largest absolute Gasteiger partial charge is 0.490 e. The number of benzene rings is 1. The molecule has 20 heavy (non-hydrogen) atoms. The highest BCUT2D eigenvalue weighted by atomic mass is 16.5. The molecule has 0 amide bonds. The van der Waals surface area contributed by atoms with Crippen molar-refractivity contribution in [3.8, 4) is 5.75 Å². The summed E-state index contributed by atoms with van der Waals surface area (Å²) in [5.41, 5.74) is 6.02. The molecule has 1 fully saturated rings. The molecule has 110 valence electrons. The van der Waals surface area contributed by atoms with Crippen molar-refractivity contribution >= 4 is 5.97 Å². The van der Waals surface area contributed by atoms with Crippen LogP contribution in [0.5, 0.6) is 5.75 Å². The van der Waals surface area contributed by atoms with Crippen molar-refractivity contribution in [2.24, 2.45) is 5.73 Å². The summed E-state index contributed by atoms with van der Waals surface area (Å²) < 4.78 is 5.95. The SMILES string of the molecule is CC(C)c1cccc(OC2CCCC(N)(C(=O)O)C2)c1. The summed E-state index contributed by atoms with van der Waals surface area (Å²) in [4.78, 5) is 11.2. The van der Waals surface area contributed by atoms with E-state index < -0.39 is 11.5 Å². The maximum Gasteiger partial charge on any atom is 0.323 e. The van der Waals surface area contributed by atoms with Crippen LogP contribution in [-0.4, -0.2) is 22.7 Å². The van der Waals surface area contributed by atoms with Gasteiger partial charge in [0.1, 0.15) is 17.4 Å². The quantitative estimate of drug-likeness (QED) is 0.887. The molecule has 1 saturated carbocycles. The van der Waals surface area contributed by atoms with Gasteiger partial charge in [-0.2, -0.15) is 0 Å². The number of nitrogens with two attached hydrogens (primary N) is 1. The smallest absolute Gasteiger partial charge is 0.323 e. The molecule has 0 spiro atoms. The predicted molar refractivity (Wildman–Crippen MR) is 78.0 cm³/mol. The molecule has 1 aliphatic rings. The van der Waals surface area contributed by atoms with E-state index in [1.165, 1.54) is 5.56 Å². The fraction of sp³-hybridized carbons (Fsp3) is 0.562. The summed E-state index contributed by atoms with van der Waals surface area (Å²) in [5, 5.41) is 9.22. The van der Waals surface area contributed by atoms with Crippen LogP contribution in [-0.2, 0) is 4.79 Å². The number of carboxylic acid groups (broad SMARTS) is 1. The highest BCUT2D eigenvalue weighted by Crippen LogP contribution is 2.30. The van der Waals surface area contributed by atoms with E-state index in [0.717, 1.165) is 18.6 Å². The Hall–Kier alpha value is -1.55. The number of hydrogen-bond acceptors (Lipinski definition) is 3. The van der Waals surface area contributed by atoms with E-state index in [4.69, 9.17) is 10.5 Å². The summed E-state index contributed by atoms with van der Waals surface area (Å²) in [5.74, 6) is 0.315. The summed E-state index contributed by atoms with van der Waals surface area (Å²) in [6.07, 6.45) is 2.42. The van der Waals surface area contributed by atoms with Gasteiger partial charge in [-0.25, -0.2) is 0 Å². The molecule has 1 aromatic rings. The fourth-order valence-electron chi connectivity index (χ4n) is 2.69. The first-order valence-electron chi connectivity index (χ1n) is 7.19. The van der Waals surface area contributed by atoms with Gasteiger partial charge in [-0.3, -0.25) is 4.79 Å². The lowest BCUT2D eigenvalue weighted by Crippen LogP contribution is -2.53. The average molecular weight is 277 g/mol. The highest BCUT2D eigenvalue weighted by molar-refractivity contribution is 5.78. The molecule has 2 unspecified atom stereocenters. The van der Waals surface area contributed by atoms with Crippen LogP contribution in [0, 0.1) is 0 Å². The molecule has 1 aliphatic carbocycles. The van der Waals surface area contributed by atoms with Crippen LogP contribution in [0.2, 0.25) is 0 Å². The molecule has 0 bridgehead atoms. The van der Waals surface area contributed by atoms with Gasteiger partial charge in [-0.05, 0) is 42.9 Å². The summed E-state index contributed by atoms with van der Waals surface area (Å²) in [6.45, 7) is 4.27. The number of carbonyl (C=O) groups is 1. The lowest BCUT2D eigenvalue weighted by molar-refractivity contribution is -0.145. The van der Waals surface area contributed by atoms with Gasteiger partial charge in [0.05, 0.1) is 0 Å². The monoisotopic (exact) mass is 277 g/mol. The van der Waals surface area contributed by atoms with Crippen molar-refractivity contribution in [1.29, 1.82) is 0 Å². The first kappa shape index (κ1) is 14.9. The van der Waals surface area contributed by atoms with Crippen LogP contribution >= 0.6 is 0 Å². The van der Waals surface area contributed by atoms with Gasteiger partial charge in [-0.1, -0.05) is 26.0 Å². The zero-order valence-electron chi connectivity index (χ0n) is 12.1. The Bertz CT molecular complexity index is 486. The molecule has 0 radical (unpaired) electrons. The van der Waals surface area contributed by atoms with Crippen LogP contribution in [0.3, 0.4) is 0 Å². The van der Waals surface area contributed by atoms with Crippen molar-refractivity contribution in [2.75, 3.05) is 0 Å². The van der Waals surface area contributed by atoms with Crippen LogP contribution in [0.1, 0.15) is 51.0 Å². The number of carboxylic acids is 1. The highest BCUT2D eigenvalue weighted by Gasteiger charge is 2.40. The van der Waals surface area contributed by atoms with Gasteiger partial charge >= 0.3 is 5.97 Å². The van der Waals surface area contributed by atoms with Crippen molar-refractivity contribution in [3.05, 3.63) is 29.8 Å². The van der Waals surface area contributed by atoms with Gasteiger partial charge in [0, 0.05) is 6.42 Å². The Labute approximate surface area is 119 Å². The van der Waals surface area contributed by atoms with Crippen molar-refractivity contribution < 1.29 is 14.6 Å². The molecule has 4 heteroatoms. The Balaban J connectivity index is 2.06. The van der Waals surface area contributed by atoms with E-state index in [9.17, 15) is 9.90 Å². The van der Waals surface area contributed by atoms with Crippen molar-refractivity contribution in [2.45, 2.75) is 57.1 Å². The minimum Gasteiger partial charge on any atom is -0.490 e. The lowest BCUT2D eigenvalue weighted by atomic mass is 9.81. The third kappa shape index (κ3) is 3.31. The molecular formula is C16H23NO3. The van der Waals surface area contributed by atoms with Crippen molar-refractivity contribution in [1.82, 2.24) is 0 Å². The molecule has 4 nitrogen and oxygen atoms in total. The lowest BCUT2D eigenvalue weighted by Gasteiger charge is -2.34. The van der Waals surface area contributed by atoms with Gasteiger partial charge in [0.15, 0.2) is 0 Å². The first-order chi connectivity index (χ1) is 9.40. The standard InChI is InChI=1S/C16H23NO3/c1-11(2)12-5-3-6-13(9-12)20-14-7-4-8-16(17,10-14)15(18)19/h3,5-6,9,11,14H,4,7-8,10,17H2,1-2H3,(H,18,19).